The van der Waals surface area contributed by atoms with Crippen LogP contribution in [0.15, 0.2) is 0 Å². The molecule has 1 fully saturated rings. The minimum absolute atomic E-state index is 0.167. The van der Waals surface area contributed by atoms with E-state index in [4.69, 9.17) is 0 Å². The van der Waals surface area contributed by atoms with Crippen LogP contribution >= 0.6 is 11.5 Å². The number of aryl methyl sites for hydroxylation is 1. The molecule has 7 heteroatoms. The van der Waals surface area contributed by atoms with Crippen LogP contribution in [0, 0.1) is 6.92 Å². The van der Waals surface area contributed by atoms with Crippen LogP contribution in [0.25, 0.3) is 0 Å². The molecule has 2 heterocycles. The SMILES string of the molecule is CNCC(=O)N1CCN(c2nc(C)ns2)CC1. The van der Waals surface area contributed by atoms with E-state index < -0.39 is 0 Å². The van der Waals surface area contributed by atoms with Crippen LogP contribution in [0.5, 0.6) is 0 Å². The number of hydrogen-bond donors (Lipinski definition) is 1. The number of nitrogens with zero attached hydrogens (tertiary/aromatic N) is 4. The topological polar surface area (TPSA) is 61.4 Å². The van der Waals surface area contributed by atoms with Gasteiger partial charge in [-0.15, -0.1) is 0 Å². The molecule has 0 radical (unpaired) electrons. The second-order valence-electron chi connectivity index (χ2n) is 4.02. The van der Waals surface area contributed by atoms with Gasteiger partial charge in [0, 0.05) is 37.7 Å². The van der Waals surface area contributed by atoms with Crippen LogP contribution in [0.3, 0.4) is 0 Å². The number of nitrogens with one attached hydrogen (secondary N) is 1. The maximum absolute atomic E-state index is 11.7. The molecular formula is C10H17N5OS. The molecule has 0 aliphatic carbocycles. The number of likely N-dealkylation sites (N-methyl/N-ethyl adjacent to an activating group) is 1. The predicted molar refractivity (Wildman–Crippen MR) is 67.4 cm³/mol. The Labute approximate surface area is 105 Å². The Morgan fingerprint density at radius 1 is 1.41 bits per heavy atom. The van der Waals surface area contributed by atoms with E-state index in [0.29, 0.717) is 6.54 Å². The normalized spacial score (nSPS) is 16.4. The maximum atomic E-state index is 11.7. The Bertz CT molecular complexity index is 386. The van der Waals surface area contributed by atoms with Crippen molar-refractivity contribution < 1.29 is 4.79 Å². The van der Waals surface area contributed by atoms with E-state index >= 15 is 0 Å². The summed E-state index contributed by atoms with van der Waals surface area (Å²) in [6.07, 6.45) is 0. The van der Waals surface area contributed by atoms with E-state index in [0.717, 1.165) is 37.1 Å². The summed E-state index contributed by atoms with van der Waals surface area (Å²) >= 11 is 1.42. The van der Waals surface area contributed by atoms with Crippen LogP contribution in [0.1, 0.15) is 5.82 Å². The van der Waals surface area contributed by atoms with E-state index in [1.165, 1.54) is 11.5 Å². The highest BCUT2D eigenvalue weighted by Crippen LogP contribution is 2.18. The fourth-order valence-corrected chi connectivity index (χ4v) is 2.55. The quantitative estimate of drug-likeness (QED) is 0.804. The van der Waals surface area contributed by atoms with Gasteiger partial charge >= 0.3 is 0 Å². The molecule has 2 rings (SSSR count). The molecule has 1 saturated heterocycles. The molecule has 1 amide bonds. The lowest BCUT2D eigenvalue weighted by atomic mass is 10.3. The van der Waals surface area contributed by atoms with Gasteiger partial charge in [0.05, 0.1) is 6.54 Å². The van der Waals surface area contributed by atoms with Gasteiger partial charge in [0.1, 0.15) is 5.82 Å². The Hall–Kier alpha value is -1.21. The summed E-state index contributed by atoms with van der Waals surface area (Å²) in [6, 6.07) is 0. The first-order chi connectivity index (χ1) is 8.20. The van der Waals surface area contributed by atoms with Crippen molar-refractivity contribution in [3.05, 3.63) is 5.82 Å². The molecule has 1 aliphatic rings. The van der Waals surface area contributed by atoms with Crippen molar-refractivity contribution in [3.63, 3.8) is 0 Å². The van der Waals surface area contributed by atoms with Gasteiger partial charge in [0.25, 0.3) is 0 Å². The Morgan fingerprint density at radius 2 is 2.12 bits per heavy atom. The molecular weight excluding hydrogens is 238 g/mol. The lowest BCUT2D eigenvalue weighted by molar-refractivity contribution is -0.130. The zero-order valence-electron chi connectivity index (χ0n) is 10.1. The number of piperazine rings is 1. The molecule has 94 valence electrons. The minimum atomic E-state index is 0.167. The summed E-state index contributed by atoms with van der Waals surface area (Å²) in [4.78, 5) is 20.1. The standard InChI is InChI=1S/C10H17N5OS/c1-8-12-10(17-13-8)15-5-3-14(4-6-15)9(16)7-11-2/h11H,3-7H2,1-2H3. The molecule has 1 aromatic heterocycles. The van der Waals surface area contributed by atoms with E-state index in [9.17, 15) is 4.79 Å². The molecule has 1 aliphatic heterocycles. The molecule has 0 atom stereocenters. The van der Waals surface area contributed by atoms with Crippen molar-refractivity contribution in [2.75, 3.05) is 44.7 Å². The first-order valence-corrected chi connectivity index (χ1v) is 6.45. The van der Waals surface area contributed by atoms with Crippen molar-refractivity contribution >= 4 is 22.6 Å². The van der Waals surface area contributed by atoms with Gasteiger partial charge in [-0.1, -0.05) is 0 Å². The molecule has 0 unspecified atom stereocenters. The van der Waals surface area contributed by atoms with Crippen LogP contribution < -0.4 is 10.2 Å². The Kier molecular flexibility index (Phi) is 3.90. The van der Waals surface area contributed by atoms with Crippen LogP contribution in [-0.4, -0.2) is 59.9 Å². The molecule has 1 aromatic rings. The molecule has 0 saturated carbocycles. The number of aromatic nitrogens is 2. The van der Waals surface area contributed by atoms with Gasteiger partial charge in [-0.2, -0.15) is 4.37 Å². The van der Waals surface area contributed by atoms with Crippen molar-refractivity contribution in [1.82, 2.24) is 19.6 Å². The molecule has 1 N–H and O–H groups in total. The summed E-state index contributed by atoms with van der Waals surface area (Å²) in [7, 11) is 1.79. The average Bonchev–Trinajstić information content (AvgIpc) is 2.76. The lowest BCUT2D eigenvalue weighted by Gasteiger charge is -2.34. The van der Waals surface area contributed by atoms with Gasteiger partial charge in [-0.05, 0) is 14.0 Å². The third-order valence-electron chi connectivity index (χ3n) is 2.75. The summed E-state index contributed by atoms with van der Waals surface area (Å²) in [6.45, 7) is 5.51. The molecule has 0 aromatic carbocycles. The van der Waals surface area contributed by atoms with Gasteiger partial charge in [-0.3, -0.25) is 4.79 Å². The zero-order valence-corrected chi connectivity index (χ0v) is 11.0. The zero-order chi connectivity index (χ0) is 12.3. The van der Waals surface area contributed by atoms with Crippen LogP contribution in [0.4, 0.5) is 5.13 Å². The average molecular weight is 255 g/mol. The summed E-state index contributed by atoms with van der Waals surface area (Å²) in [5.74, 6) is 0.985. The summed E-state index contributed by atoms with van der Waals surface area (Å²) in [5, 5.41) is 3.85. The van der Waals surface area contributed by atoms with Gasteiger partial charge in [0.15, 0.2) is 0 Å². The van der Waals surface area contributed by atoms with E-state index in [1.807, 2.05) is 11.8 Å². The lowest BCUT2D eigenvalue weighted by Crippen LogP contribution is -2.50. The van der Waals surface area contributed by atoms with E-state index in [-0.39, 0.29) is 5.91 Å². The van der Waals surface area contributed by atoms with Gasteiger partial charge in [-0.25, -0.2) is 4.98 Å². The van der Waals surface area contributed by atoms with Crippen molar-refractivity contribution in [2.24, 2.45) is 0 Å². The van der Waals surface area contributed by atoms with Crippen LogP contribution in [0.2, 0.25) is 0 Å². The molecule has 0 spiro atoms. The molecule has 6 nitrogen and oxygen atoms in total. The number of anilines is 1. The third kappa shape index (κ3) is 2.92. The predicted octanol–water partition coefficient (Wildman–Crippen LogP) is -0.285. The van der Waals surface area contributed by atoms with Gasteiger partial charge < -0.3 is 15.1 Å². The van der Waals surface area contributed by atoms with E-state index in [1.54, 1.807) is 7.05 Å². The number of carbonyl (C=O) groups excluding carboxylic acids is 1. The van der Waals surface area contributed by atoms with Crippen molar-refractivity contribution in [3.8, 4) is 0 Å². The first kappa shape index (κ1) is 12.3. The third-order valence-corrected chi connectivity index (χ3v) is 3.62. The fraction of sp³-hybridized carbons (Fsp3) is 0.700. The number of hydrogen-bond acceptors (Lipinski definition) is 6. The second-order valence-corrected chi connectivity index (χ2v) is 4.75. The largest absolute Gasteiger partial charge is 0.343 e. The Morgan fingerprint density at radius 3 is 2.65 bits per heavy atom. The highest BCUT2D eigenvalue weighted by molar-refractivity contribution is 7.09. The van der Waals surface area contributed by atoms with Crippen LogP contribution in [-0.2, 0) is 4.79 Å². The summed E-state index contributed by atoms with van der Waals surface area (Å²) < 4.78 is 4.17. The number of amides is 1. The monoisotopic (exact) mass is 255 g/mol. The minimum Gasteiger partial charge on any atom is -0.343 e. The highest BCUT2D eigenvalue weighted by atomic mass is 32.1. The smallest absolute Gasteiger partial charge is 0.236 e. The molecule has 17 heavy (non-hydrogen) atoms. The van der Waals surface area contributed by atoms with Crippen molar-refractivity contribution in [2.45, 2.75) is 6.92 Å². The highest BCUT2D eigenvalue weighted by Gasteiger charge is 2.22. The van der Waals surface area contributed by atoms with E-state index in [2.05, 4.69) is 19.6 Å². The summed E-state index contributed by atoms with van der Waals surface area (Å²) in [5.41, 5.74) is 0. The second kappa shape index (κ2) is 5.42. The number of carbonyl (C=O) groups is 1. The first-order valence-electron chi connectivity index (χ1n) is 5.68. The van der Waals surface area contributed by atoms with Crippen molar-refractivity contribution in [1.29, 1.82) is 0 Å². The fourth-order valence-electron chi connectivity index (χ4n) is 1.82. The van der Waals surface area contributed by atoms with Gasteiger partial charge in [0.2, 0.25) is 11.0 Å². The number of rotatable bonds is 3. The maximum Gasteiger partial charge on any atom is 0.236 e. The Balaban J connectivity index is 1.88. The molecule has 0 bridgehead atoms.